The van der Waals surface area contributed by atoms with Gasteiger partial charge in [-0.15, -0.1) is 0 Å². The van der Waals surface area contributed by atoms with Crippen molar-refractivity contribution in [1.82, 2.24) is 4.57 Å². The predicted molar refractivity (Wildman–Crippen MR) is 117 cm³/mol. The summed E-state index contributed by atoms with van der Waals surface area (Å²) >= 11 is 0. The summed E-state index contributed by atoms with van der Waals surface area (Å²) in [6.07, 6.45) is 4.18. The zero-order valence-electron chi connectivity index (χ0n) is 17.2. The van der Waals surface area contributed by atoms with Gasteiger partial charge in [0, 0.05) is 28.9 Å². The Morgan fingerprint density at radius 1 is 1.00 bits per heavy atom. The fourth-order valence-corrected chi connectivity index (χ4v) is 3.59. The van der Waals surface area contributed by atoms with Crippen molar-refractivity contribution < 1.29 is 0 Å². The molecule has 140 valence electrons. The van der Waals surface area contributed by atoms with E-state index in [1.165, 1.54) is 33.8 Å². The Balaban J connectivity index is 1.90. The molecule has 3 rings (SSSR count). The second kappa shape index (κ2) is 8.39. The van der Waals surface area contributed by atoms with E-state index in [4.69, 9.17) is 4.99 Å². The molecule has 1 heterocycles. The monoisotopic (exact) mass is 358 g/mol. The average Bonchev–Trinajstić information content (AvgIpc) is 2.99. The first kappa shape index (κ1) is 19.2. The smallest absolute Gasteiger partial charge is 0.0630 e. The summed E-state index contributed by atoms with van der Waals surface area (Å²) in [6, 6.07) is 19.5. The van der Waals surface area contributed by atoms with Crippen LogP contribution in [-0.4, -0.2) is 10.8 Å². The largest absolute Gasteiger partial charge is 0.318 e. The summed E-state index contributed by atoms with van der Waals surface area (Å²) in [5, 5.41) is 0. The molecule has 1 aromatic heterocycles. The zero-order valence-corrected chi connectivity index (χ0v) is 17.2. The summed E-state index contributed by atoms with van der Waals surface area (Å²) < 4.78 is 2.34. The van der Waals surface area contributed by atoms with Gasteiger partial charge >= 0.3 is 0 Å². The predicted octanol–water partition coefficient (Wildman–Crippen LogP) is 6.92. The van der Waals surface area contributed by atoms with Gasteiger partial charge in [-0.05, 0) is 68.0 Å². The minimum Gasteiger partial charge on any atom is -0.318 e. The lowest BCUT2D eigenvalue weighted by molar-refractivity contribution is 0.734. The number of aromatic nitrogens is 1. The molecule has 0 saturated carbocycles. The molecule has 0 N–H and O–H groups in total. The van der Waals surface area contributed by atoms with E-state index >= 15 is 0 Å². The molecular formula is C25H30N2. The van der Waals surface area contributed by atoms with Crippen molar-refractivity contribution in [2.75, 3.05) is 0 Å². The number of para-hydroxylation sites is 1. The standard InChI is InChI=1S/C25H30N2/c1-6-18(3)22-12-14-24(15-13-22)26-17-23-16-19(4)27(20(23)5)25-11-9-8-10-21(25)7-2/h8-18H,6-7H2,1-5H3/t18-/m1/s1. The van der Waals surface area contributed by atoms with Gasteiger partial charge in [0.1, 0.15) is 0 Å². The number of rotatable bonds is 6. The molecule has 3 aromatic rings. The Labute approximate surface area is 163 Å². The quantitative estimate of drug-likeness (QED) is 0.425. The SMILES string of the molecule is CCc1ccccc1-n1c(C)cc(C=Nc2ccc([C@H](C)CC)cc2)c1C. The first-order valence-corrected chi connectivity index (χ1v) is 9.96. The molecule has 2 nitrogen and oxygen atoms in total. The van der Waals surface area contributed by atoms with Gasteiger partial charge in [0.2, 0.25) is 0 Å². The molecule has 0 bridgehead atoms. The van der Waals surface area contributed by atoms with Gasteiger partial charge in [0.25, 0.3) is 0 Å². The third-order valence-electron chi connectivity index (χ3n) is 5.51. The third kappa shape index (κ3) is 4.05. The van der Waals surface area contributed by atoms with E-state index in [9.17, 15) is 0 Å². The zero-order chi connectivity index (χ0) is 19.4. The van der Waals surface area contributed by atoms with Crippen LogP contribution in [0.2, 0.25) is 0 Å². The highest BCUT2D eigenvalue weighted by atomic mass is 15.0. The number of aryl methyl sites for hydroxylation is 2. The van der Waals surface area contributed by atoms with Gasteiger partial charge in [0.15, 0.2) is 0 Å². The number of hydrogen-bond acceptors (Lipinski definition) is 1. The normalized spacial score (nSPS) is 12.6. The minimum absolute atomic E-state index is 0.598. The van der Waals surface area contributed by atoms with E-state index < -0.39 is 0 Å². The Kier molecular flexibility index (Phi) is 5.95. The van der Waals surface area contributed by atoms with E-state index in [1.54, 1.807) is 0 Å². The molecule has 0 spiro atoms. The van der Waals surface area contributed by atoms with E-state index in [0.29, 0.717) is 5.92 Å². The van der Waals surface area contributed by atoms with Gasteiger partial charge in [-0.2, -0.15) is 0 Å². The molecule has 0 aliphatic carbocycles. The first-order chi connectivity index (χ1) is 13.0. The maximum Gasteiger partial charge on any atom is 0.0630 e. The van der Waals surface area contributed by atoms with Crippen molar-refractivity contribution in [3.63, 3.8) is 0 Å². The van der Waals surface area contributed by atoms with E-state index in [2.05, 4.69) is 93.8 Å². The van der Waals surface area contributed by atoms with Crippen LogP contribution < -0.4 is 0 Å². The Morgan fingerprint density at radius 3 is 2.37 bits per heavy atom. The molecule has 27 heavy (non-hydrogen) atoms. The van der Waals surface area contributed by atoms with Gasteiger partial charge in [0.05, 0.1) is 5.69 Å². The van der Waals surface area contributed by atoms with Crippen LogP contribution in [0.1, 0.15) is 61.2 Å². The number of aliphatic imine (C=N–C) groups is 1. The van der Waals surface area contributed by atoms with Gasteiger partial charge in [-0.3, -0.25) is 4.99 Å². The number of nitrogens with zero attached hydrogens (tertiary/aromatic N) is 2. The summed E-state index contributed by atoms with van der Waals surface area (Å²) in [5.41, 5.74) is 8.65. The van der Waals surface area contributed by atoms with Crippen LogP contribution in [-0.2, 0) is 6.42 Å². The molecule has 1 atom stereocenters. The maximum absolute atomic E-state index is 4.72. The van der Waals surface area contributed by atoms with Gasteiger partial charge in [-0.25, -0.2) is 0 Å². The van der Waals surface area contributed by atoms with Crippen molar-refractivity contribution in [2.45, 2.75) is 53.4 Å². The minimum atomic E-state index is 0.598. The summed E-state index contributed by atoms with van der Waals surface area (Å²) in [6.45, 7) is 11.0. The second-order valence-electron chi connectivity index (χ2n) is 7.30. The lowest BCUT2D eigenvalue weighted by atomic mass is 9.99. The molecule has 0 radical (unpaired) electrons. The average molecular weight is 359 g/mol. The summed E-state index contributed by atoms with van der Waals surface area (Å²) in [7, 11) is 0. The maximum atomic E-state index is 4.72. The Hall–Kier alpha value is -2.61. The van der Waals surface area contributed by atoms with Crippen molar-refractivity contribution in [3.05, 3.63) is 82.7 Å². The van der Waals surface area contributed by atoms with Crippen LogP contribution in [0.25, 0.3) is 5.69 Å². The Bertz CT molecular complexity index is 929. The molecule has 0 saturated heterocycles. The van der Waals surface area contributed by atoms with Crippen LogP contribution in [0.5, 0.6) is 0 Å². The second-order valence-corrected chi connectivity index (χ2v) is 7.30. The fraction of sp³-hybridized carbons (Fsp3) is 0.320. The fourth-order valence-electron chi connectivity index (χ4n) is 3.59. The van der Waals surface area contributed by atoms with Crippen LogP contribution in [0.3, 0.4) is 0 Å². The van der Waals surface area contributed by atoms with Crippen molar-refractivity contribution in [1.29, 1.82) is 0 Å². The topological polar surface area (TPSA) is 17.3 Å². The summed E-state index contributed by atoms with van der Waals surface area (Å²) in [5.74, 6) is 0.598. The van der Waals surface area contributed by atoms with Crippen molar-refractivity contribution >= 4 is 11.9 Å². The molecule has 2 heteroatoms. The summed E-state index contributed by atoms with van der Waals surface area (Å²) in [4.78, 5) is 4.72. The molecule has 2 aromatic carbocycles. The van der Waals surface area contributed by atoms with E-state index in [1.807, 2.05) is 6.21 Å². The molecule has 0 aliphatic rings. The number of hydrogen-bond donors (Lipinski definition) is 0. The van der Waals surface area contributed by atoms with Crippen molar-refractivity contribution in [3.8, 4) is 5.69 Å². The Morgan fingerprint density at radius 2 is 1.70 bits per heavy atom. The van der Waals surface area contributed by atoms with Gasteiger partial charge < -0.3 is 4.57 Å². The molecule has 0 unspecified atom stereocenters. The van der Waals surface area contributed by atoms with Gasteiger partial charge in [-0.1, -0.05) is 51.1 Å². The third-order valence-corrected chi connectivity index (χ3v) is 5.51. The molecule has 0 aliphatic heterocycles. The van der Waals surface area contributed by atoms with E-state index in [-0.39, 0.29) is 0 Å². The molecular weight excluding hydrogens is 328 g/mol. The van der Waals surface area contributed by atoms with E-state index in [0.717, 1.165) is 18.5 Å². The molecule has 0 fully saturated rings. The van der Waals surface area contributed by atoms with Crippen LogP contribution in [0.15, 0.2) is 59.6 Å². The first-order valence-electron chi connectivity index (χ1n) is 9.96. The lowest BCUT2D eigenvalue weighted by Crippen LogP contribution is -2.03. The molecule has 0 amide bonds. The number of benzene rings is 2. The van der Waals surface area contributed by atoms with Crippen LogP contribution in [0, 0.1) is 13.8 Å². The highest BCUT2D eigenvalue weighted by Gasteiger charge is 2.11. The van der Waals surface area contributed by atoms with Crippen LogP contribution in [0.4, 0.5) is 5.69 Å². The van der Waals surface area contributed by atoms with Crippen LogP contribution >= 0.6 is 0 Å². The highest BCUT2D eigenvalue weighted by molar-refractivity contribution is 5.84. The van der Waals surface area contributed by atoms with Crippen molar-refractivity contribution in [2.24, 2.45) is 4.99 Å². The highest BCUT2D eigenvalue weighted by Crippen LogP contribution is 2.25. The lowest BCUT2D eigenvalue weighted by Gasteiger charge is -2.13.